The van der Waals surface area contributed by atoms with Crippen molar-refractivity contribution in [3.05, 3.63) is 212 Å². The average Bonchev–Trinajstić information content (AvgIpc) is 3.91. The Morgan fingerprint density at radius 3 is 1.78 bits per heavy atom. The first-order valence-corrected chi connectivity index (χ1v) is 23.7. The van der Waals surface area contributed by atoms with Gasteiger partial charge in [0.2, 0.25) is 0 Å². The standard InChI is InChI=1S/C65H33N2O/c1-2-10-40-39(9-1)47-25-26-49-44-11-3-6-14-56(44)67(64(49)62(47)55-33-53(40)55)37-17-19-38-34-29-35(30-34)60-48(52(38)31-37)24-23-46-42-22-21-41(42)43-20-18-36(32-54(43)61(46)60)66-57-15-7-4-13-51(57)63-58(66)28-27-50-45-12-5-8-16-59(45)68-65(50)63/h1-33H. The Balaban J connectivity index is 0.909. The Morgan fingerprint density at radius 1 is 0.309 bits per heavy atom. The van der Waals surface area contributed by atoms with Gasteiger partial charge in [0.05, 0.1) is 27.5 Å². The summed E-state index contributed by atoms with van der Waals surface area (Å²) in [5, 5.41) is 20.4. The zero-order chi connectivity index (χ0) is 43.7. The van der Waals surface area contributed by atoms with Gasteiger partial charge in [-0.2, -0.15) is 0 Å². The molecule has 0 amide bonds. The summed E-state index contributed by atoms with van der Waals surface area (Å²) in [5.74, 6) is 0. The summed E-state index contributed by atoms with van der Waals surface area (Å²) in [5.41, 5.74) is 19.5. The van der Waals surface area contributed by atoms with Gasteiger partial charge in [0, 0.05) is 50.1 Å². The van der Waals surface area contributed by atoms with E-state index >= 15 is 0 Å². The Hall–Kier alpha value is -8.92. The molecule has 3 aliphatic rings. The van der Waals surface area contributed by atoms with Crippen molar-refractivity contribution in [3.8, 4) is 44.8 Å². The third kappa shape index (κ3) is 4.03. The second-order valence-corrected chi connectivity index (χ2v) is 19.3. The number of furan rings is 1. The van der Waals surface area contributed by atoms with Crippen molar-refractivity contribution in [2.75, 3.05) is 0 Å². The van der Waals surface area contributed by atoms with Gasteiger partial charge in [-0.25, -0.2) is 0 Å². The normalized spacial score (nSPS) is 13.2. The predicted octanol–water partition coefficient (Wildman–Crippen LogP) is 17.7. The molecule has 16 aromatic rings. The molecule has 3 heterocycles. The van der Waals surface area contributed by atoms with Gasteiger partial charge in [0.1, 0.15) is 11.2 Å². The molecule has 0 saturated heterocycles. The van der Waals surface area contributed by atoms with Crippen molar-refractivity contribution >= 4 is 119 Å². The molecule has 0 aliphatic heterocycles. The molecule has 3 aliphatic carbocycles. The highest BCUT2D eigenvalue weighted by Gasteiger charge is 2.30. The van der Waals surface area contributed by atoms with Crippen LogP contribution in [-0.2, 0) is 0 Å². The molecule has 3 nitrogen and oxygen atoms in total. The van der Waals surface area contributed by atoms with Crippen LogP contribution in [0, 0.1) is 6.42 Å². The molecule has 13 aromatic carbocycles. The summed E-state index contributed by atoms with van der Waals surface area (Å²) in [6.45, 7) is 0. The van der Waals surface area contributed by atoms with Gasteiger partial charge in [-0.3, -0.25) is 0 Å². The van der Waals surface area contributed by atoms with E-state index in [1.165, 1.54) is 137 Å². The summed E-state index contributed by atoms with van der Waals surface area (Å²) in [6, 6.07) is 72.9. The van der Waals surface area contributed by atoms with Crippen LogP contribution >= 0.6 is 0 Å². The van der Waals surface area contributed by atoms with Crippen molar-refractivity contribution in [1.82, 2.24) is 9.13 Å². The lowest BCUT2D eigenvalue weighted by molar-refractivity contribution is 0.673. The molecular weight excluding hydrogens is 825 g/mol. The van der Waals surface area contributed by atoms with Crippen molar-refractivity contribution < 1.29 is 4.42 Å². The van der Waals surface area contributed by atoms with Gasteiger partial charge >= 0.3 is 0 Å². The van der Waals surface area contributed by atoms with E-state index in [2.05, 4.69) is 210 Å². The van der Waals surface area contributed by atoms with Crippen molar-refractivity contribution in [1.29, 1.82) is 0 Å². The Bertz CT molecular complexity index is 4980. The SMILES string of the molecule is [CH]1c2c1c1c(ccc3c4ccccc4n(-c4ccc5c(c4)-c4ccc6c7ccc7c7ccc(-n8c9ccccc9c9c%10oc%11ccccc%11c%10ccc98)cc7c6c4-c4cc-5c4)c31)c1ccccc21. The van der Waals surface area contributed by atoms with Gasteiger partial charge in [0.25, 0.3) is 0 Å². The minimum absolute atomic E-state index is 0.917. The van der Waals surface area contributed by atoms with Gasteiger partial charge in [-0.1, -0.05) is 127 Å². The van der Waals surface area contributed by atoms with Crippen LogP contribution in [-0.4, -0.2) is 9.13 Å². The first kappa shape index (κ1) is 34.4. The number of aromatic nitrogens is 2. The van der Waals surface area contributed by atoms with Crippen molar-refractivity contribution in [2.45, 2.75) is 0 Å². The first-order valence-electron chi connectivity index (χ1n) is 23.7. The van der Waals surface area contributed by atoms with E-state index in [-0.39, 0.29) is 0 Å². The molecule has 3 aromatic heterocycles. The number of rotatable bonds is 2. The van der Waals surface area contributed by atoms with Gasteiger partial charge < -0.3 is 13.6 Å². The van der Waals surface area contributed by atoms with Crippen LogP contribution < -0.4 is 0 Å². The maximum absolute atomic E-state index is 6.69. The van der Waals surface area contributed by atoms with Crippen LogP contribution in [0.4, 0.5) is 0 Å². The zero-order valence-corrected chi connectivity index (χ0v) is 36.4. The molecule has 309 valence electrons. The quantitative estimate of drug-likeness (QED) is 0.159. The van der Waals surface area contributed by atoms with Crippen LogP contribution in [0.2, 0.25) is 0 Å². The maximum atomic E-state index is 6.69. The Labute approximate surface area is 387 Å². The largest absolute Gasteiger partial charge is 0.455 e. The number of para-hydroxylation sites is 3. The van der Waals surface area contributed by atoms with E-state index in [0.29, 0.717) is 0 Å². The van der Waals surface area contributed by atoms with Crippen molar-refractivity contribution in [3.63, 3.8) is 0 Å². The van der Waals surface area contributed by atoms with E-state index in [1.807, 2.05) is 0 Å². The highest BCUT2D eigenvalue weighted by molar-refractivity contribution is 6.33. The summed E-state index contributed by atoms with van der Waals surface area (Å²) in [6.07, 6.45) is 2.39. The second kappa shape index (κ2) is 11.7. The number of nitrogens with zero attached hydrogens (tertiary/aromatic N) is 2. The van der Waals surface area contributed by atoms with E-state index in [1.54, 1.807) is 0 Å². The summed E-state index contributed by atoms with van der Waals surface area (Å²) in [7, 11) is 0. The molecule has 0 fully saturated rings. The molecule has 0 N–H and O–H groups in total. The van der Waals surface area contributed by atoms with Gasteiger partial charge in [-0.15, -0.1) is 0 Å². The van der Waals surface area contributed by atoms with Gasteiger partial charge in [-0.05, 0) is 160 Å². The summed E-state index contributed by atoms with van der Waals surface area (Å²) >= 11 is 0. The van der Waals surface area contributed by atoms with Crippen LogP contribution in [0.1, 0.15) is 11.1 Å². The molecule has 19 rings (SSSR count). The molecule has 1 radical (unpaired) electrons. The molecule has 3 heteroatoms. The highest BCUT2D eigenvalue weighted by Crippen LogP contribution is 2.54. The monoisotopic (exact) mass is 857 g/mol. The highest BCUT2D eigenvalue weighted by atomic mass is 16.3. The lowest BCUT2D eigenvalue weighted by Crippen LogP contribution is -1.97. The maximum Gasteiger partial charge on any atom is 0.145 e. The number of hydrogen-bond acceptors (Lipinski definition) is 1. The molecular formula is C65H33N2O. The second-order valence-electron chi connectivity index (χ2n) is 19.3. The van der Waals surface area contributed by atoms with Crippen LogP contribution in [0.3, 0.4) is 0 Å². The third-order valence-corrected chi connectivity index (χ3v) is 16.1. The van der Waals surface area contributed by atoms with E-state index in [4.69, 9.17) is 4.42 Å². The third-order valence-electron chi connectivity index (χ3n) is 16.1. The molecule has 0 spiro atoms. The number of benzene rings is 11. The fourth-order valence-corrected chi connectivity index (χ4v) is 13.1. The molecule has 0 atom stereocenters. The Kier molecular flexibility index (Phi) is 5.93. The minimum atomic E-state index is 0.917. The fourth-order valence-electron chi connectivity index (χ4n) is 13.1. The van der Waals surface area contributed by atoms with E-state index in [0.717, 1.165) is 38.5 Å². The number of fused-ring (bicyclic) bond motifs is 23. The van der Waals surface area contributed by atoms with Crippen LogP contribution in [0.25, 0.3) is 164 Å². The molecule has 2 bridgehead atoms. The predicted molar refractivity (Wildman–Crippen MR) is 285 cm³/mol. The zero-order valence-electron chi connectivity index (χ0n) is 36.4. The molecule has 0 unspecified atom stereocenters. The minimum Gasteiger partial charge on any atom is -0.455 e. The van der Waals surface area contributed by atoms with Gasteiger partial charge in [0.15, 0.2) is 0 Å². The Morgan fingerprint density at radius 2 is 0.912 bits per heavy atom. The topological polar surface area (TPSA) is 23.0 Å². The van der Waals surface area contributed by atoms with Crippen molar-refractivity contribution in [2.24, 2.45) is 0 Å². The van der Waals surface area contributed by atoms with E-state index in [9.17, 15) is 0 Å². The fraction of sp³-hybridized carbons (Fsp3) is 0. The van der Waals surface area contributed by atoms with E-state index < -0.39 is 0 Å². The lowest BCUT2D eigenvalue weighted by atomic mass is 9.84. The average molecular weight is 858 g/mol. The molecule has 0 saturated carbocycles. The number of hydrogen-bond donors (Lipinski definition) is 0. The first-order chi connectivity index (χ1) is 33.7. The smallest absolute Gasteiger partial charge is 0.145 e. The lowest BCUT2D eigenvalue weighted by Gasteiger charge is -2.20. The molecule has 68 heavy (non-hydrogen) atoms. The van der Waals surface area contributed by atoms with Crippen LogP contribution in [0.5, 0.6) is 0 Å². The summed E-state index contributed by atoms with van der Waals surface area (Å²) < 4.78 is 11.7. The summed E-state index contributed by atoms with van der Waals surface area (Å²) in [4.78, 5) is 0. The van der Waals surface area contributed by atoms with Crippen LogP contribution in [0.15, 0.2) is 199 Å².